The average Bonchev–Trinajstić information content (AvgIpc) is 2.28. The second-order valence-corrected chi connectivity index (χ2v) is 4.83. The van der Waals surface area contributed by atoms with Gasteiger partial charge in [-0.1, -0.05) is 45.7 Å². The van der Waals surface area contributed by atoms with Gasteiger partial charge in [0, 0.05) is 15.1 Å². The third kappa shape index (κ3) is 2.13. The van der Waals surface area contributed by atoms with Crippen LogP contribution in [0.3, 0.4) is 0 Å². The Morgan fingerprint density at radius 2 is 1.69 bits per heavy atom. The van der Waals surface area contributed by atoms with Crippen molar-refractivity contribution in [1.82, 2.24) is 0 Å². The predicted octanol–water partition coefficient (Wildman–Crippen LogP) is 5.22. The molecule has 16 heavy (non-hydrogen) atoms. The number of halogens is 3. The number of hydrogen-bond donors (Lipinski definition) is 0. The summed E-state index contributed by atoms with van der Waals surface area (Å²) in [4.78, 5) is 0. The number of hydrogen-bond acceptors (Lipinski definition) is 0. The molecule has 0 aromatic heterocycles. The van der Waals surface area contributed by atoms with Crippen LogP contribution in [0.5, 0.6) is 0 Å². The van der Waals surface area contributed by atoms with Gasteiger partial charge in [-0.3, -0.25) is 0 Å². The molecule has 0 saturated heterocycles. The Bertz CT molecular complexity index is 520. The van der Waals surface area contributed by atoms with E-state index in [9.17, 15) is 4.39 Å². The molecule has 0 aliphatic carbocycles. The predicted molar refractivity (Wildman–Crippen MR) is 69.3 cm³/mol. The Labute approximate surface area is 107 Å². The lowest BCUT2D eigenvalue weighted by Gasteiger charge is -2.07. The van der Waals surface area contributed by atoms with E-state index in [2.05, 4.69) is 15.9 Å². The summed E-state index contributed by atoms with van der Waals surface area (Å²) in [6, 6.07) is 10.8. The summed E-state index contributed by atoms with van der Waals surface area (Å²) in [6.45, 7) is 1.75. The zero-order valence-electron chi connectivity index (χ0n) is 8.60. The third-order valence-electron chi connectivity index (χ3n) is 2.48. The van der Waals surface area contributed by atoms with Crippen LogP contribution in [0.2, 0.25) is 5.02 Å². The SMILES string of the molecule is Cc1c(Br)ccc(-c2ccc(Cl)cc2)c1F. The van der Waals surface area contributed by atoms with Crippen molar-refractivity contribution >= 4 is 27.5 Å². The van der Waals surface area contributed by atoms with Gasteiger partial charge in [0.1, 0.15) is 5.82 Å². The maximum absolute atomic E-state index is 14.0. The smallest absolute Gasteiger partial charge is 0.135 e. The molecule has 0 bridgehead atoms. The van der Waals surface area contributed by atoms with Crippen LogP contribution < -0.4 is 0 Å². The van der Waals surface area contributed by atoms with E-state index in [0.717, 1.165) is 10.0 Å². The summed E-state index contributed by atoms with van der Waals surface area (Å²) in [6.07, 6.45) is 0. The van der Waals surface area contributed by atoms with Crippen LogP contribution in [-0.2, 0) is 0 Å². The van der Waals surface area contributed by atoms with Crippen molar-refractivity contribution in [2.75, 3.05) is 0 Å². The fourth-order valence-electron chi connectivity index (χ4n) is 1.51. The Morgan fingerprint density at radius 3 is 2.31 bits per heavy atom. The number of rotatable bonds is 1. The van der Waals surface area contributed by atoms with Crippen LogP contribution >= 0.6 is 27.5 Å². The first-order valence-corrected chi connectivity index (χ1v) is 5.97. The van der Waals surface area contributed by atoms with Crippen molar-refractivity contribution in [2.45, 2.75) is 6.92 Å². The Morgan fingerprint density at radius 1 is 1.06 bits per heavy atom. The van der Waals surface area contributed by atoms with Crippen molar-refractivity contribution in [1.29, 1.82) is 0 Å². The largest absolute Gasteiger partial charge is 0.206 e. The molecule has 2 rings (SSSR count). The van der Waals surface area contributed by atoms with Gasteiger partial charge in [-0.25, -0.2) is 4.39 Å². The summed E-state index contributed by atoms with van der Waals surface area (Å²) >= 11 is 9.10. The quantitative estimate of drug-likeness (QED) is 0.677. The van der Waals surface area contributed by atoms with E-state index in [0.29, 0.717) is 16.1 Å². The summed E-state index contributed by atoms with van der Waals surface area (Å²) in [7, 11) is 0. The van der Waals surface area contributed by atoms with Crippen LogP contribution in [-0.4, -0.2) is 0 Å². The Kier molecular flexibility index (Phi) is 3.31. The van der Waals surface area contributed by atoms with Crippen molar-refractivity contribution in [3.05, 3.63) is 57.3 Å². The Balaban J connectivity index is 2.57. The van der Waals surface area contributed by atoms with Crippen LogP contribution in [0, 0.1) is 12.7 Å². The average molecular weight is 300 g/mol. The maximum atomic E-state index is 14.0. The topological polar surface area (TPSA) is 0 Å². The molecule has 0 amide bonds. The lowest BCUT2D eigenvalue weighted by Crippen LogP contribution is -1.89. The third-order valence-corrected chi connectivity index (χ3v) is 3.59. The molecule has 0 atom stereocenters. The molecule has 2 aromatic rings. The lowest BCUT2D eigenvalue weighted by molar-refractivity contribution is 0.621. The van der Waals surface area contributed by atoms with Crippen LogP contribution in [0.15, 0.2) is 40.9 Å². The van der Waals surface area contributed by atoms with Gasteiger partial charge in [-0.15, -0.1) is 0 Å². The van der Waals surface area contributed by atoms with Crippen LogP contribution in [0.1, 0.15) is 5.56 Å². The fraction of sp³-hybridized carbons (Fsp3) is 0.0769. The minimum Gasteiger partial charge on any atom is -0.206 e. The summed E-state index contributed by atoms with van der Waals surface area (Å²) in [5.41, 5.74) is 2.04. The summed E-state index contributed by atoms with van der Waals surface area (Å²) < 4.78 is 14.8. The molecule has 0 aliphatic heterocycles. The maximum Gasteiger partial charge on any atom is 0.135 e. The minimum absolute atomic E-state index is 0.198. The lowest BCUT2D eigenvalue weighted by atomic mass is 10.0. The molecule has 0 radical (unpaired) electrons. The Hall–Kier alpha value is -0.860. The van der Waals surface area contributed by atoms with Crippen LogP contribution in [0.4, 0.5) is 4.39 Å². The standard InChI is InChI=1S/C13H9BrClF/c1-8-12(14)7-6-11(13(8)16)9-2-4-10(15)5-3-9/h2-7H,1H3. The highest BCUT2D eigenvalue weighted by atomic mass is 79.9. The van der Waals surface area contributed by atoms with E-state index >= 15 is 0 Å². The molecule has 3 heteroatoms. The molecule has 0 nitrogen and oxygen atoms in total. The van der Waals surface area contributed by atoms with Crippen molar-refractivity contribution in [2.24, 2.45) is 0 Å². The van der Waals surface area contributed by atoms with Gasteiger partial charge in [0.2, 0.25) is 0 Å². The highest BCUT2D eigenvalue weighted by molar-refractivity contribution is 9.10. The van der Waals surface area contributed by atoms with Gasteiger partial charge in [0.15, 0.2) is 0 Å². The summed E-state index contributed by atoms with van der Waals surface area (Å²) in [5.74, 6) is -0.198. The highest BCUT2D eigenvalue weighted by Gasteiger charge is 2.09. The van der Waals surface area contributed by atoms with E-state index in [-0.39, 0.29) is 5.82 Å². The van der Waals surface area contributed by atoms with Crippen molar-refractivity contribution in [3.8, 4) is 11.1 Å². The first-order chi connectivity index (χ1) is 7.59. The molecule has 0 spiro atoms. The second-order valence-electron chi connectivity index (χ2n) is 3.54. The molecule has 0 fully saturated rings. The molecule has 2 aromatic carbocycles. The van der Waals surface area contributed by atoms with E-state index in [1.807, 2.05) is 18.2 Å². The monoisotopic (exact) mass is 298 g/mol. The van der Waals surface area contributed by atoms with Gasteiger partial charge < -0.3 is 0 Å². The van der Waals surface area contributed by atoms with E-state index in [4.69, 9.17) is 11.6 Å². The zero-order valence-corrected chi connectivity index (χ0v) is 10.9. The molecule has 0 aliphatic rings. The second kappa shape index (κ2) is 4.56. The zero-order chi connectivity index (χ0) is 11.7. The normalized spacial score (nSPS) is 10.5. The van der Waals surface area contributed by atoms with Crippen molar-refractivity contribution < 1.29 is 4.39 Å². The first-order valence-electron chi connectivity index (χ1n) is 4.80. The molecule has 0 N–H and O–H groups in total. The van der Waals surface area contributed by atoms with Gasteiger partial charge in [-0.05, 0) is 36.2 Å². The van der Waals surface area contributed by atoms with Gasteiger partial charge in [-0.2, -0.15) is 0 Å². The highest BCUT2D eigenvalue weighted by Crippen LogP contribution is 2.29. The summed E-state index contributed by atoms with van der Waals surface area (Å²) in [5, 5.41) is 0.651. The van der Waals surface area contributed by atoms with Crippen LogP contribution in [0.25, 0.3) is 11.1 Å². The molecule has 0 heterocycles. The van der Waals surface area contributed by atoms with E-state index in [1.165, 1.54) is 0 Å². The van der Waals surface area contributed by atoms with Crippen molar-refractivity contribution in [3.63, 3.8) is 0 Å². The van der Waals surface area contributed by atoms with E-state index < -0.39 is 0 Å². The first kappa shape index (κ1) is 11.6. The molecular weight excluding hydrogens is 290 g/mol. The van der Waals surface area contributed by atoms with Gasteiger partial charge in [0.05, 0.1) is 0 Å². The molecular formula is C13H9BrClF. The molecule has 0 saturated carbocycles. The minimum atomic E-state index is -0.198. The van der Waals surface area contributed by atoms with Gasteiger partial charge >= 0.3 is 0 Å². The fourth-order valence-corrected chi connectivity index (χ4v) is 1.95. The molecule has 0 unspecified atom stereocenters. The van der Waals surface area contributed by atoms with E-state index in [1.54, 1.807) is 25.1 Å². The number of benzene rings is 2. The molecule has 82 valence electrons. The van der Waals surface area contributed by atoms with Gasteiger partial charge in [0.25, 0.3) is 0 Å².